The molecule has 0 aliphatic carbocycles. The predicted octanol–water partition coefficient (Wildman–Crippen LogP) is 0.00470. The smallest absolute Gasteiger partial charge is 0.324 e. The fraction of sp³-hybridized carbons (Fsp3) is 0.143. The molecule has 0 aromatic carbocycles. The van der Waals surface area contributed by atoms with Crippen LogP contribution in [0.1, 0.15) is 11.2 Å². The topological polar surface area (TPSA) is 145 Å². The third kappa shape index (κ3) is 3.54. The van der Waals surface area contributed by atoms with Crippen LogP contribution in [0.2, 0.25) is 0 Å². The van der Waals surface area contributed by atoms with Gasteiger partial charge in [-0.05, 0) is 11.6 Å². The molecule has 1 unspecified atom stereocenters. The molecule has 0 bridgehead atoms. The van der Waals surface area contributed by atoms with Crippen molar-refractivity contribution in [2.45, 2.75) is 5.66 Å². The van der Waals surface area contributed by atoms with E-state index in [9.17, 15) is 13.9 Å². The van der Waals surface area contributed by atoms with Gasteiger partial charge in [0.05, 0.1) is 0 Å². The van der Waals surface area contributed by atoms with Crippen molar-refractivity contribution < 1.29 is 33.5 Å². The van der Waals surface area contributed by atoms with E-state index in [0.717, 1.165) is 12.3 Å². The lowest BCUT2D eigenvalue weighted by Gasteiger charge is -2.17. The molecule has 1 aromatic rings. The van der Waals surface area contributed by atoms with Crippen LogP contribution in [0, 0.1) is 0 Å². The van der Waals surface area contributed by atoms with Gasteiger partial charge in [0, 0.05) is 12.4 Å². The van der Waals surface area contributed by atoms with Gasteiger partial charge in [-0.25, -0.2) is 0 Å². The number of pyridine rings is 1. The van der Waals surface area contributed by atoms with Gasteiger partial charge in [-0.1, -0.05) is 6.07 Å². The van der Waals surface area contributed by atoms with E-state index in [-0.39, 0.29) is 5.56 Å². The third-order valence-electron chi connectivity index (χ3n) is 1.86. The van der Waals surface area contributed by atoms with Crippen LogP contribution in [0.15, 0.2) is 24.5 Å². The summed E-state index contributed by atoms with van der Waals surface area (Å²) in [5, 5.41) is 0. The minimum Gasteiger partial charge on any atom is -0.324 e. The van der Waals surface area contributed by atoms with Gasteiger partial charge in [0.25, 0.3) is 5.52 Å². The molecule has 0 fully saturated rings. The van der Waals surface area contributed by atoms with E-state index < -0.39 is 26.4 Å². The number of nitrogens with zero attached hydrogens (tertiary/aromatic N) is 1. The normalized spacial score (nSPS) is 14.4. The van der Waals surface area contributed by atoms with E-state index in [4.69, 9.17) is 19.6 Å². The first-order valence-corrected chi connectivity index (χ1v) is 7.48. The van der Waals surface area contributed by atoms with Gasteiger partial charge in [-0.2, -0.15) is 0 Å². The summed E-state index contributed by atoms with van der Waals surface area (Å²) in [5.74, 6) is 0. The number of carbonyl (C=O) groups excluding carboxylic acids is 1. The molecule has 10 heteroatoms. The van der Waals surface area contributed by atoms with E-state index in [2.05, 4.69) is 4.98 Å². The van der Waals surface area contributed by atoms with Crippen LogP contribution >= 0.6 is 15.2 Å². The van der Waals surface area contributed by atoms with Crippen molar-refractivity contribution in [2.24, 2.45) is 0 Å². The maximum absolute atomic E-state index is 11.3. The Balaban J connectivity index is 3.30. The predicted molar refractivity (Wildman–Crippen MR) is 56.1 cm³/mol. The average molecular weight is 281 g/mol. The van der Waals surface area contributed by atoms with Crippen molar-refractivity contribution in [3.8, 4) is 0 Å². The molecule has 1 rings (SSSR count). The Morgan fingerprint density at radius 1 is 1.24 bits per heavy atom. The monoisotopic (exact) mass is 281 g/mol. The van der Waals surface area contributed by atoms with Crippen molar-refractivity contribution in [1.29, 1.82) is 0 Å². The van der Waals surface area contributed by atoms with E-state index >= 15 is 0 Å². The number of hydrogen-bond acceptors (Lipinski definition) is 4. The second kappa shape index (κ2) is 4.78. The van der Waals surface area contributed by atoms with Crippen molar-refractivity contribution in [2.75, 3.05) is 0 Å². The van der Waals surface area contributed by atoms with Gasteiger partial charge in [0.15, 0.2) is 5.66 Å². The molecule has 0 spiro atoms. The van der Waals surface area contributed by atoms with Gasteiger partial charge in [-0.15, -0.1) is 0 Å². The molecule has 1 aromatic heterocycles. The van der Waals surface area contributed by atoms with E-state index in [1.165, 1.54) is 12.3 Å². The van der Waals surface area contributed by atoms with Gasteiger partial charge in [0.1, 0.15) is 0 Å². The standard InChI is InChI=1S/C7H9NO7P2/c9-7(17(13,14)15)6(16(10,11)12)5-2-1-3-8-4-5/h1-4,6H,(H2,10,11,12)(H2,13,14,15). The summed E-state index contributed by atoms with van der Waals surface area (Å²) in [6, 6.07) is 2.45. The molecule has 1 heterocycles. The molecular formula is C7H9NO7P2. The third-order valence-corrected chi connectivity index (χ3v) is 4.10. The van der Waals surface area contributed by atoms with E-state index in [1.807, 2.05) is 0 Å². The second-order valence-electron chi connectivity index (χ2n) is 3.16. The van der Waals surface area contributed by atoms with Gasteiger partial charge in [-0.3, -0.25) is 18.9 Å². The SMILES string of the molecule is O=C(C(c1cccnc1)P(=O)(O)O)P(=O)(O)O. The first-order valence-electron chi connectivity index (χ1n) is 4.19. The Hall–Kier alpha value is -0.880. The molecular weight excluding hydrogens is 272 g/mol. The summed E-state index contributed by atoms with van der Waals surface area (Å²) in [7, 11) is -10.3. The second-order valence-corrected chi connectivity index (χ2v) is 6.38. The minimum atomic E-state index is -5.23. The lowest BCUT2D eigenvalue weighted by Crippen LogP contribution is -2.13. The van der Waals surface area contributed by atoms with Crippen molar-refractivity contribution in [1.82, 2.24) is 4.98 Å². The molecule has 0 saturated heterocycles. The molecule has 0 amide bonds. The molecule has 4 N–H and O–H groups in total. The fourth-order valence-electron chi connectivity index (χ4n) is 1.18. The van der Waals surface area contributed by atoms with Crippen molar-refractivity contribution in [3.63, 3.8) is 0 Å². The van der Waals surface area contributed by atoms with Crippen molar-refractivity contribution >= 4 is 20.7 Å². The van der Waals surface area contributed by atoms with Crippen LogP contribution in [0.5, 0.6) is 0 Å². The highest BCUT2D eigenvalue weighted by molar-refractivity contribution is 7.72. The number of aromatic nitrogens is 1. The Labute approximate surface area is 95.6 Å². The summed E-state index contributed by atoms with van der Waals surface area (Å²) in [5.41, 5.74) is -4.26. The zero-order chi connectivity index (χ0) is 13.3. The average Bonchev–Trinajstić information content (AvgIpc) is 2.15. The first kappa shape index (κ1) is 14.2. The maximum atomic E-state index is 11.3. The zero-order valence-corrected chi connectivity index (χ0v) is 10.0. The minimum absolute atomic E-state index is 0.242. The van der Waals surface area contributed by atoms with Crippen LogP contribution in [-0.4, -0.2) is 30.1 Å². The molecule has 17 heavy (non-hydrogen) atoms. The lowest BCUT2D eigenvalue weighted by atomic mass is 10.2. The van der Waals surface area contributed by atoms with E-state index in [0.29, 0.717) is 0 Å². The molecule has 8 nitrogen and oxygen atoms in total. The number of rotatable bonds is 4. The van der Waals surface area contributed by atoms with Crippen LogP contribution < -0.4 is 0 Å². The summed E-state index contributed by atoms with van der Waals surface area (Å²) < 4.78 is 21.9. The Kier molecular flexibility index (Phi) is 3.99. The van der Waals surface area contributed by atoms with Gasteiger partial charge in [0.2, 0.25) is 0 Å². The molecule has 0 saturated carbocycles. The first-order chi connectivity index (χ1) is 7.64. The summed E-state index contributed by atoms with van der Waals surface area (Å²) in [6.07, 6.45) is 2.26. The zero-order valence-electron chi connectivity index (χ0n) is 8.24. The maximum Gasteiger partial charge on any atom is 0.392 e. The molecule has 0 aliphatic heterocycles. The van der Waals surface area contributed by atoms with Crippen LogP contribution in [0.25, 0.3) is 0 Å². The largest absolute Gasteiger partial charge is 0.392 e. The van der Waals surface area contributed by atoms with Crippen LogP contribution in [0.3, 0.4) is 0 Å². The van der Waals surface area contributed by atoms with Crippen LogP contribution in [-0.2, 0) is 13.9 Å². The van der Waals surface area contributed by atoms with Gasteiger partial charge >= 0.3 is 15.2 Å². The molecule has 0 aliphatic rings. The summed E-state index contributed by atoms with van der Waals surface area (Å²) >= 11 is 0. The van der Waals surface area contributed by atoms with Crippen molar-refractivity contribution in [3.05, 3.63) is 30.1 Å². The Bertz CT molecular complexity index is 504. The highest BCUT2D eigenvalue weighted by Crippen LogP contribution is 2.58. The molecule has 1 atom stereocenters. The molecule has 94 valence electrons. The fourth-order valence-corrected chi connectivity index (χ4v) is 3.38. The Morgan fingerprint density at radius 2 is 1.82 bits per heavy atom. The molecule has 0 radical (unpaired) electrons. The quantitative estimate of drug-likeness (QED) is 0.564. The highest BCUT2D eigenvalue weighted by Gasteiger charge is 2.45. The lowest BCUT2D eigenvalue weighted by molar-refractivity contribution is -0.113. The highest BCUT2D eigenvalue weighted by atomic mass is 31.2. The number of hydrogen-bond donors (Lipinski definition) is 4. The van der Waals surface area contributed by atoms with Crippen LogP contribution in [0.4, 0.5) is 0 Å². The summed E-state index contributed by atoms with van der Waals surface area (Å²) in [6.45, 7) is 0. The number of carbonyl (C=O) groups is 1. The summed E-state index contributed by atoms with van der Waals surface area (Å²) in [4.78, 5) is 50.2. The van der Waals surface area contributed by atoms with E-state index in [1.54, 1.807) is 0 Å². The van der Waals surface area contributed by atoms with Gasteiger partial charge < -0.3 is 19.6 Å². The Morgan fingerprint density at radius 3 is 2.18 bits per heavy atom.